The van der Waals surface area contributed by atoms with Crippen LogP contribution in [-0.2, 0) is 11.3 Å². The van der Waals surface area contributed by atoms with E-state index >= 15 is 0 Å². The Balaban J connectivity index is 1.74. The van der Waals surface area contributed by atoms with Gasteiger partial charge >= 0.3 is 0 Å². The number of hydrogen-bond acceptors (Lipinski definition) is 4. The first-order chi connectivity index (χ1) is 15.9. The van der Waals surface area contributed by atoms with Crippen LogP contribution in [0.5, 0.6) is 5.75 Å². The van der Waals surface area contributed by atoms with E-state index in [2.05, 4.69) is 5.32 Å². The summed E-state index contributed by atoms with van der Waals surface area (Å²) in [5.41, 5.74) is 0.354. The van der Waals surface area contributed by atoms with Crippen LogP contribution in [0.3, 0.4) is 0 Å². The molecule has 0 aliphatic carbocycles. The van der Waals surface area contributed by atoms with E-state index in [9.17, 15) is 18.8 Å². The third-order valence-corrected chi connectivity index (χ3v) is 5.33. The number of anilines is 1. The number of pyridine rings is 1. The lowest BCUT2D eigenvalue weighted by Gasteiger charge is -2.14. The van der Waals surface area contributed by atoms with E-state index in [1.807, 2.05) is 0 Å². The number of carbonyl (C=O) groups is 2. The summed E-state index contributed by atoms with van der Waals surface area (Å²) in [4.78, 5) is 38.8. The van der Waals surface area contributed by atoms with Crippen molar-refractivity contribution in [3.63, 3.8) is 0 Å². The van der Waals surface area contributed by atoms with Crippen LogP contribution in [0.1, 0.15) is 15.9 Å². The van der Waals surface area contributed by atoms with Gasteiger partial charge in [-0.25, -0.2) is 4.39 Å². The molecule has 0 bridgehead atoms. The second-order valence-electron chi connectivity index (χ2n) is 7.27. The lowest BCUT2D eigenvalue weighted by molar-refractivity contribution is -0.116. The van der Waals surface area contributed by atoms with Crippen molar-refractivity contribution in [1.82, 2.24) is 4.57 Å². The van der Waals surface area contributed by atoms with Crippen LogP contribution >= 0.6 is 11.6 Å². The Morgan fingerprint density at radius 3 is 2.39 bits per heavy atom. The van der Waals surface area contributed by atoms with Crippen molar-refractivity contribution >= 4 is 39.9 Å². The molecule has 33 heavy (non-hydrogen) atoms. The van der Waals surface area contributed by atoms with Crippen molar-refractivity contribution in [2.75, 3.05) is 12.4 Å². The number of benzene rings is 3. The predicted octanol–water partition coefficient (Wildman–Crippen LogP) is 4.67. The summed E-state index contributed by atoms with van der Waals surface area (Å²) in [7, 11) is 1.50. The Labute approximate surface area is 193 Å². The fourth-order valence-corrected chi connectivity index (χ4v) is 3.57. The molecule has 4 aromatic rings. The minimum Gasteiger partial charge on any atom is -0.497 e. The third-order valence-electron chi connectivity index (χ3n) is 5.08. The normalized spacial score (nSPS) is 10.8. The smallest absolute Gasteiger partial charge is 0.244 e. The van der Waals surface area contributed by atoms with E-state index in [0.29, 0.717) is 22.0 Å². The second-order valence-corrected chi connectivity index (χ2v) is 7.71. The Bertz CT molecular complexity index is 1410. The molecule has 0 atom stereocenters. The number of fused-ring (bicyclic) bond motifs is 1. The summed E-state index contributed by atoms with van der Waals surface area (Å²) in [6.45, 7) is -0.200. The first-order valence-electron chi connectivity index (χ1n) is 9.92. The zero-order valence-electron chi connectivity index (χ0n) is 17.5. The summed E-state index contributed by atoms with van der Waals surface area (Å²) in [6, 6.07) is 16.5. The quantitative estimate of drug-likeness (QED) is 0.420. The van der Waals surface area contributed by atoms with Gasteiger partial charge in [-0.1, -0.05) is 11.6 Å². The average Bonchev–Trinajstić information content (AvgIpc) is 2.82. The Hall–Kier alpha value is -3.97. The van der Waals surface area contributed by atoms with Crippen LogP contribution in [0, 0.1) is 5.82 Å². The first kappa shape index (κ1) is 22.2. The fourth-order valence-electron chi connectivity index (χ4n) is 3.45. The highest BCUT2D eigenvalue weighted by Crippen LogP contribution is 2.19. The molecule has 0 aliphatic heterocycles. The van der Waals surface area contributed by atoms with Crippen molar-refractivity contribution in [2.24, 2.45) is 0 Å². The van der Waals surface area contributed by atoms with Crippen LogP contribution in [0.2, 0.25) is 5.02 Å². The fraction of sp³-hybridized carbons (Fsp3) is 0.0800. The number of halogens is 2. The highest BCUT2D eigenvalue weighted by Gasteiger charge is 2.19. The lowest BCUT2D eigenvalue weighted by Crippen LogP contribution is -2.24. The molecule has 0 radical (unpaired) electrons. The highest BCUT2D eigenvalue weighted by molar-refractivity contribution is 6.30. The van der Waals surface area contributed by atoms with Crippen molar-refractivity contribution in [1.29, 1.82) is 0 Å². The molecule has 1 amide bonds. The Morgan fingerprint density at radius 2 is 1.73 bits per heavy atom. The average molecular weight is 465 g/mol. The van der Waals surface area contributed by atoms with Gasteiger partial charge in [-0.15, -0.1) is 0 Å². The van der Waals surface area contributed by atoms with E-state index in [1.54, 1.807) is 36.4 Å². The zero-order chi connectivity index (χ0) is 23.5. The molecule has 0 saturated carbocycles. The van der Waals surface area contributed by atoms with Gasteiger partial charge in [0.2, 0.25) is 11.3 Å². The number of aromatic nitrogens is 1. The molecule has 1 heterocycles. The molecule has 0 fully saturated rings. The maximum absolute atomic E-state index is 13.9. The molecule has 0 spiro atoms. The molecule has 1 N–H and O–H groups in total. The van der Waals surface area contributed by atoms with Crippen LogP contribution < -0.4 is 15.5 Å². The summed E-state index contributed by atoms with van der Waals surface area (Å²) in [5, 5.41) is 3.27. The number of rotatable bonds is 6. The van der Waals surface area contributed by atoms with Gasteiger partial charge in [0.05, 0.1) is 18.2 Å². The molecular formula is C25H18ClFN2O4. The molecule has 3 aromatic carbocycles. The molecule has 166 valence electrons. The minimum atomic E-state index is -0.620. The molecule has 1 aromatic heterocycles. The molecule has 0 saturated heterocycles. The van der Waals surface area contributed by atoms with E-state index in [4.69, 9.17) is 16.3 Å². The largest absolute Gasteiger partial charge is 0.497 e. The Kier molecular flexibility index (Phi) is 6.24. The van der Waals surface area contributed by atoms with Gasteiger partial charge in [-0.05, 0) is 66.7 Å². The number of carbonyl (C=O) groups excluding carboxylic acids is 2. The van der Waals surface area contributed by atoms with Gasteiger partial charge in [0.25, 0.3) is 0 Å². The van der Waals surface area contributed by atoms with E-state index in [0.717, 1.165) is 6.07 Å². The minimum absolute atomic E-state index is 0.00801. The zero-order valence-corrected chi connectivity index (χ0v) is 18.2. The summed E-state index contributed by atoms with van der Waals surface area (Å²) < 4.78 is 20.5. The maximum Gasteiger partial charge on any atom is 0.244 e. The number of methoxy groups -OCH3 is 1. The van der Waals surface area contributed by atoms with Crippen LogP contribution in [-0.4, -0.2) is 23.4 Å². The van der Waals surface area contributed by atoms with Crippen molar-refractivity contribution in [3.8, 4) is 5.75 Å². The van der Waals surface area contributed by atoms with Crippen molar-refractivity contribution in [2.45, 2.75) is 6.54 Å². The topological polar surface area (TPSA) is 77.4 Å². The van der Waals surface area contributed by atoms with Gasteiger partial charge in [-0.2, -0.15) is 0 Å². The second kappa shape index (κ2) is 9.26. The van der Waals surface area contributed by atoms with Crippen LogP contribution in [0.4, 0.5) is 10.1 Å². The number of nitrogens with one attached hydrogen (secondary N) is 1. The summed E-state index contributed by atoms with van der Waals surface area (Å²) >= 11 is 5.87. The Morgan fingerprint density at radius 1 is 1.03 bits per heavy atom. The van der Waals surface area contributed by atoms with Gasteiger partial charge < -0.3 is 14.6 Å². The third kappa shape index (κ3) is 4.78. The van der Waals surface area contributed by atoms with Gasteiger partial charge in [0.1, 0.15) is 18.1 Å². The van der Waals surface area contributed by atoms with Gasteiger partial charge in [-0.3, -0.25) is 14.4 Å². The number of amides is 1. The maximum atomic E-state index is 13.9. The standard InChI is InChI=1S/C25H18ClFN2O4/c1-33-19-9-2-15(3-10-19)24(31)21-13-29(22-11-6-17(27)12-20(22)25(21)32)14-23(30)28-18-7-4-16(26)5-8-18/h2-13H,14H2,1H3,(H,28,30). The molecular weight excluding hydrogens is 447 g/mol. The molecule has 6 nitrogen and oxygen atoms in total. The van der Waals surface area contributed by atoms with Crippen molar-refractivity contribution in [3.05, 3.63) is 105 Å². The number of nitrogens with zero attached hydrogens (tertiary/aromatic N) is 1. The monoisotopic (exact) mass is 464 g/mol. The molecule has 8 heteroatoms. The molecule has 4 rings (SSSR count). The van der Waals surface area contributed by atoms with E-state index in [1.165, 1.54) is 42.1 Å². The van der Waals surface area contributed by atoms with Crippen LogP contribution in [0.25, 0.3) is 10.9 Å². The summed E-state index contributed by atoms with van der Waals surface area (Å²) in [6.07, 6.45) is 1.33. The van der Waals surface area contributed by atoms with Gasteiger partial charge in [0.15, 0.2) is 5.78 Å². The number of hydrogen-bond donors (Lipinski definition) is 1. The van der Waals surface area contributed by atoms with Crippen LogP contribution in [0.15, 0.2) is 77.7 Å². The lowest BCUT2D eigenvalue weighted by atomic mass is 10.0. The van der Waals surface area contributed by atoms with Crippen molar-refractivity contribution < 1.29 is 18.7 Å². The highest BCUT2D eigenvalue weighted by atomic mass is 35.5. The molecule has 0 aliphatic rings. The van der Waals surface area contributed by atoms with E-state index in [-0.39, 0.29) is 23.1 Å². The predicted molar refractivity (Wildman–Crippen MR) is 125 cm³/mol. The SMILES string of the molecule is COc1ccc(C(=O)c2cn(CC(=O)Nc3ccc(Cl)cc3)c3ccc(F)cc3c2=O)cc1. The van der Waals surface area contributed by atoms with Gasteiger partial charge in [0, 0.05) is 27.9 Å². The number of ketones is 1. The summed E-state index contributed by atoms with van der Waals surface area (Å²) in [5.74, 6) is -0.996. The first-order valence-corrected chi connectivity index (χ1v) is 10.3. The number of ether oxygens (including phenoxy) is 1. The van der Waals surface area contributed by atoms with E-state index < -0.39 is 22.9 Å². The molecule has 0 unspecified atom stereocenters.